The summed E-state index contributed by atoms with van der Waals surface area (Å²) in [6, 6.07) is 3.49. The van der Waals surface area contributed by atoms with Gasteiger partial charge in [-0.1, -0.05) is 0 Å². The summed E-state index contributed by atoms with van der Waals surface area (Å²) in [6.07, 6.45) is 1.58. The molecule has 5 heteroatoms. The number of aromatic nitrogens is 1. The predicted molar refractivity (Wildman–Crippen MR) is 56.8 cm³/mol. The van der Waals surface area contributed by atoms with E-state index in [4.69, 9.17) is 14.7 Å². The van der Waals surface area contributed by atoms with Gasteiger partial charge in [-0.05, 0) is 19.9 Å². The molecule has 1 rings (SSSR count). The van der Waals surface area contributed by atoms with Gasteiger partial charge in [0.05, 0.1) is 0 Å². The molecule has 0 spiro atoms. The van der Waals surface area contributed by atoms with Gasteiger partial charge in [-0.15, -0.1) is 0 Å². The van der Waals surface area contributed by atoms with Crippen LogP contribution in [-0.4, -0.2) is 24.1 Å². The van der Waals surface area contributed by atoms with Crippen LogP contribution in [0.4, 0.5) is 0 Å². The van der Waals surface area contributed by atoms with Gasteiger partial charge in [0.1, 0.15) is 11.8 Å². The Hall–Kier alpha value is -1.64. The summed E-state index contributed by atoms with van der Waals surface area (Å²) < 4.78 is 12.2. The van der Waals surface area contributed by atoms with Gasteiger partial charge in [0.2, 0.25) is 6.41 Å². The molecule has 0 saturated heterocycles. The van der Waals surface area contributed by atoms with E-state index in [0.29, 0.717) is 30.8 Å². The second kappa shape index (κ2) is 6.05. The number of hydrogen-bond donors (Lipinski definition) is 0. The molecule has 5 nitrogen and oxygen atoms in total. The molecule has 0 saturated carbocycles. The third kappa shape index (κ3) is 2.69. The van der Waals surface area contributed by atoms with Crippen molar-refractivity contribution in [2.45, 2.75) is 20.3 Å². The molecule has 0 aliphatic rings. The monoisotopic (exact) mass is 222 g/mol. The minimum atomic E-state index is -0.654. The van der Waals surface area contributed by atoms with Crippen molar-refractivity contribution in [1.29, 1.82) is 5.26 Å². The number of carbonyl (C=O) groups is 1. The summed E-state index contributed by atoms with van der Waals surface area (Å²) in [4.78, 5) is 10.6. The van der Waals surface area contributed by atoms with Crippen molar-refractivity contribution in [1.82, 2.24) is 4.57 Å². The maximum Gasteiger partial charge on any atom is 0.244 e. The number of hydrogen-bond acceptors (Lipinski definition) is 4. The van der Waals surface area contributed by atoms with Crippen LogP contribution in [0, 0.1) is 11.3 Å². The Labute approximate surface area is 94.2 Å². The zero-order chi connectivity index (χ0) is 12.0. The fourth-order valence-corrected chi connectivity index (χ4v) is 1.32. The van der Waals surface area contributed by atoms with E-state index in [2.05, 4.69) is 0 Å². The quantitative estimate of drug-likeness (QED) is 0.542. The highest BCUT2D eigenvalue weighted by Crippen LogP contribution is 2.16. The van der Waals surface area contributed by atoms with Crippen LogP contribution < -0.4 is 0 Å². The largest absolute Gasteiger partial charge is 0.335 e. The third-order valence-corrected chi connectivity index (χ3v) is 1.97. The molecule has 0 aromatic carbocycles. The van der Waals surface area contributed by atoms with Gasteiger partial charge in [-0.2, -0.15) is 5.26 Å². The summed E-state index contributed by atoms with van der Waals surface area (Å²) in [6.45, 7) is 4.60. The maximum atomic E-state index is 10.6. The van der Waals surface area contributed by atoms with Crippen molar-refractivity contribution < 1.29 is 14.3 Å². The smallest absolute Gasteiger partial charge is 0.244 e. The van der Waals surface area contributed by atoms with Crippen LogP contribution in [0.25, 0.3) is 0 Å². The molecule has 0 atom stereocenters. The zero-order valence-electron chi connectivity index (χ0n) is 9.34. The molecule has 1 aromatic rings. The van der Waals surface area contributed by atoms with Gasteiger partial charge in [-0.25, -0.2) is 0 Å². The number of nitrogens with zero attached hydrogens (tertiary/aromatic N) is 2. The van der Waals surface area contributed by atoms with E-state index in [1.807, 2.05) is 19.9 Å². The molecular formula is C11H14N2O3. The molecule has 0 aliphatic carbocycles. The highest BCUT2D eigenvalue weighted by atomic mass is 16.7. The summed E-state index contributed by atoms with van der Waals surface area (Å²) in [5.41, 5.74) is 0.773. The van der Waals surface area contributed by atoms with Crippen LogP contribution in [-0.2, 0) is 9.47 Å². The van der Waals surface area contributed by atoms with Crippen LogP contribution in [0.1, 0.15) is 36.3 Å². The lowest BCUT2D eigenvalue weighted by atomic mass is 10.3. The molecule has 0 bridgehead atoms. The van der Waals surface area contributed by atoms with Crippen LogP contribution >= 0.6 is 0 Å². The van der Waals surface area contributed by atoms with E-state index in [0.717, 1.165) is 0 Å². The average molecular weight is 222 g/mol. The molecule has 86 valence electrons. The summed E-state index contributed by atoms with van der Waals surface area (Å²) in [5, 5.41) is 8.91. The number of rotatable bonds is 6. The average Bonchev–Trinajstić information content (AvgIpc) is 2.72. The van der Waals surface area contributed by atoms with Crippen molar-refractivity contribution in [3.8, 4) is 6.07 Å². The van der Waals surface area contributed by atoms with Crippen LogP contribution in [0.15, 0.2) is 12.3 Å². The van der Waals surface area contributed by atoms with Gasteiger partial charge < -0.3 is 9.47 Å². The fraction of sp³-hybridized carbons (Fsp3) is 0.455. The Bertz CT molecular complexity index is 386. The summed E-state index contributed by atoms with van der Waals surface area (Å²) >= 11 is 0. The topological polar surface area (TPSA) is 64.2 Å². The first-order valence-electron chi connectivity index (χ1n) is 5.07. The molecule has 1 aromatic heterocycles. The van der Waals surface area contributed by atoms with Crippen molar-refractivity contribution >= 4 is 6.29 Å². The first-order valence-corrected chi connectivity index (χ1v) is 5.07. The Balaban J connectivity index is 3.02. The molecule has 16 heavy (non-hydrogen) atoms. The standard InChI is InChI=1S/C11H14N2O3/c1-3-15-11(16-4-2)13-7-9(8-14)5-10(13)6-12/h5,7-8,11H,3-4H2,1-2H3. The number of carbonyl (C=O) groups excluding carboxylic acids is 1. The van der Waals surface area contributed by atoms with Gasteiger partial charge >= 0.3 is 0 Å². The minimum absolute atomic E-state index is 0.342. The molecular weight excluding hydrogens is 208 g/mol. The molecule has 0 fully saturated rings. The third-order valence-electron chi connectivity index (χ3n) is 1.97. The molecule has 1 heterocycles. The van der Waals surface area contributed by atoms with E-state index >= 15 is 0 Å². The summed E-state index contributed by atoms with van der Waals surface area (Å²) in [5.74, 6) is 0. The number of nitriles is 1. The second-order valence-corrected chi connectivity index (χ2v) is 3.01. The SMILES string of the molecule is CCOC(OCC)n1cc(C=O)cc1C#N. The van der Waals surface area contributed by atoms with Crippen molar-refractivity contribution in [2.75, 3.05) is 13.2 Å². The highest BCUT2D eigenvalue weighted by Gasteiger charge is 2.15. The normalized spacial score (nSPS) is 10.4. The lowest BCUT2D eigenvalue weighted by Crippen LogP contribution is -2.17. The van der Waals surface area contributed by atoms with Gasteiger partial charge in [-0.3, -0.25) is 9.36 Å². The molecule has 0 N–H and O–H groups in total. The Morgan fingerprint density at radius 1 is 1.50 bits per heavy atom. The Kier molecular flexibility index (Phi) is 4.70. The Morgan fingerprint density at radius 2 is 2.12 bits per heavy atom. The number of aldehydes is 1. The minimum Gasteiger partial charge on any atom is -0.335 e. The lowest BCUT2D eigenvalue weighted by Gasteiger charge is -2.18. The maximum absolute atomic E-state index is 10.6. The molecule has 0 aliphatic heterocycles. The predicted octanol–water partition coefficient (Wildman–Crippen LogP) is 1.70. The second-order valence-electron chi connectivity index (χ2n) is 3.01. The molecule has 0 radical (unpaired) electrons. The van der Waals surface area contributed by atoms with E-state index in [1.54, 1.807) is 6.20 Å². The van der Waals surface area contributed by atoms with Crippen molar-refractivity contribution in [3.05, 3.63) is 23.5 Å². The van der Waals surface area contributed by atoms with Crippen LogP contribution in [0.3, 0.4) is 0 Å². The van der Waals surface area contributed by atoms with E-state index in [1.165, 1.54) is 10.6 Å². The summed E-state index contributed by atoms with van der Waals surface area (Å²) in [7, 11) is 0. The van der Waals surface area contributed by atoms with E-state index < -0.39 is 6.41 Å². The van der Waals surface area contributed by atoms with Crippen molar-refractivity contribution in [3.63, 3.8) is 0 Å². The first kappa shape index (κ1) is 12.4. The highest BCUT2D eigenvalue weighted by molar-refractivity contribution is 5.75. The van der Waals surface area contributed by atoms with Gasteiger partial charge in [0.15, 0.2) is 6.29 Å². The lowest BCUT2D eigenvalue weighted by molar-refractivity contribution is -0.186. The fourth-order valence-electron chi connectivity index (χ4n) is 1.32. The van der Waals surface area contributed by atoms with E-state index in [9.17, 15) is 4.79 Å². The Morgan fingerprint density at radius 3 is 2.56 bits per heavy atom. The van der Waals surface area contributed by atoms with Gasteiger partial charge in [0, 0.05) is 25.0 Å². The van der Waals surface area contributed by atoms with Crippen LogP contribution in [0.5, 0.6) is 0 Å². The molecule has 0 amide bonds. The zero-order valence-corrected chi connectivity index (χ0v) is 9.34. The number of ether oxygens (including phenoxy) is 2. The van der Waals surface area contributed by atoms with E-state index in [-0.39, 0.29) is 0 Å². The first-order chi connectivity index (χ1) is 7.76. The van der Waals surface area contributed by atoms with Gasteiger partial charge in [0.25, 0.3) is 0 Å². The van der Waals surface area contributed by atoms with Crippen molar-refractivity contribution in [2.24, 2.45) is 0 Å². The van der Waals surface area contributed by atoms with Crippen LogP contribution in [0.2, 0.25) is 0 Å². The molecule has 0 unspecified atom stereocenters.